The van der Waals surface area contributed by atoms with E-state index in [0.29, 0.717) is 11.5 Å². The summed E-state index contributed by atoms with van der Waals surface area (Å²) in [5.74, 6) is 0.860. The van der Waals surface area contributed by atoms with Crippen LogP contribution in [0.5, 0.6) is 11.5 Å². The predicted molar refractivity (Wildman–Crippen MR) is 94.7 cm³/mol. The lowest BCUT2D eigenvalue weighted by Gasteiger charge is -2.39. The lowest BCUT2D eigenvalue weighted by molar-refractivity contribution is -0.137. The van der Waals surface area contributed by atoms with E-state index in [1.807, 2.05) is 18.2 Å². The molecule has 2 rings (SSSR count). The van der Waals surface area contributed by atoms with Gasteiger partial charge in [0.05, 0.1) is 12.7 Å². The fourth-order valence-electron chi connectivity index (χ4n) is 2.13. The van der Waals surface area contributed by atoms with E-state index in [-0.39, 0.29) is 17.4 Å². The summed E-state index contributed by atoms with van der Waals surface area (Å²) in [5, 5.41) is -0.00200. The number of hydrogen-bond donors (Lipinski definition) is 0. The Balaban J connectivity index is 2.40. The summed E-state index contributed by atoms with van der Waals surface area (Å²) in [7, 11) is -0.795. The van der Waals surface area contributed by atoms with Crippen LogP contribution in [0.15, 0.2) is 30.4 Å². The third kappa shape index (κ3) is 3.65. The highest BCUT2D eigenvalue weighted by Crippen LogP contribution is 2.43. The number of rotatable bonds is 5. The number of carbonyl (C=O) groups excluding carboxylic acids is 1. The number of methoxy groups -OCH3 is 1. The first kappa shape index (κ1) is 18.5. The molecule has 0 aromatic heterocycles. The Morgan fingerprint density at radius 1 is 1.25 bits per heavy atom. The van der Waals surface area contributed by atoms with Crippen LogP contribution in [0.3, 0.4) is 0 Å². The van der Waals surface area contributed by atoms with Gasteiger partial charge in [-0.1, -0.05) is 33.4 Å². The van der Waals surface area contributed by atoms with Gasteiger partial charge >= 0.3 is 5.97 Å². The van der Waals surface area contributed by atoms with E-state index in [0.717, 1.165) is 5.56 Å². The summed E-state index contributed by atoms with van der Waals surface area (Å²) in [6.07, 6.45) is -0.576. The molecule has 0 aliphatic carbocycles. The maximum Gasteiger partial charge on any atom is 0.336 e. The van der Waals surface area contributed by atoms with Crippen LogP contribution < -0.4 is 9.47 Å². The fraction of sp³-hybridized carbons (Fsp3) is 0.500. The number of fused-ring (bicyclic) bond motifs is 1. The summed E-state index contributed by atoms with van der Waals surface area (Å²) in [4.78, 5) is 12.1. The molecular formula is C18H26O5Si. The summed E-state index contributed by atoms with van der Waals surface area (Å²) in [6.45, 7) is 14.8. The summed E-state index contributed by atoms with van der Waals surface area (Å²) in [6, 6.07) is 5.54. The Hall–Kier alpha value is -1.79. The van der Waals surface area contributed by atoms with Crippen molar-refractivity contribution in [3.63, 3.8) is 0 Å². The number of carbonyl (C=O) groups is 1. The third-order valence-corrected chi connectivity index (χ3v) is 9.12. The van der Waals surface area contributed by atoms with Gasteiger partial charge < -0.3 is 18.6 Å². The molecule has 1 aliphatic rings. The highest BCUT2D eigenvalue weighted by Gasteiger charge is 2.41. The van der Waals surface area contributed by atoms with Crippen LogP contribution in [0.1, 0.15) is 32.4 Å². The molecule has 1 unspecified atom stereocenters. The molecule has 132 valence electrons. The lowest BCUT2D eigenvalue weighted by atomic mass is 10.0. The van der Waals surface area contributed by atoms with Crippen LogP contribution >= 0.6 is 0 Å². The monoisotopic (exact) mass is 350 g/mol. The zero-order chi connectivity index (χ0) is 18.1. The molecule has 1 aliphatic heterocycles. The topological polar surface area (TPSA) is 54.0 Å². The standard InChI is InChI=1S/C18H26O5Si/c1-12(17(19)20-5)16(23-24(6,7)18(2,3)4)13-8-9-14-15(10-13)22-11-21-14/h8-10,16H,1,11H2,2-7H3. The highest BCUT2D eigenvalue weighted by molar-refractivity contribution is 6.74. The van der Waals surface area contributed by atoms with Gasteiger partial charge in [-0.3, -0.25) is 0 Å². The third-order valence-electron chi connectivity index (χ3n) is 4.68. The summed E-state index contributed by atoms with van der Waals surface area (Å²) in [5.41, 5.74) is 1.08. The van der Waals surface area contributed by atoms with Crippen molar-refractivity contribution in [2.24, 2.45) is 0 Å². The van der Waals surface area contributed by atoms with E-state index >= 15 is 0 Å². The molecular weight excluding hydrogens is 324 g/mol. The summed E-state index contributed by atoms with van der Waals surface area (Å²) < 4.78 is 22.1. The summed E-state index contributed by atoms with van der Waals surface area (Å²) >= 11 is 0. The van der Waals surface area contributed by atoms with E-state index in [1.54, 1.807) is 0 Å². The molecule has 1 aromatic carbocycles. The minimum atomic E-state index is -2.14. The van der Waals surface area contributed by atoms with Gasteiger partial charge in [-0.2, -0.15) is 0 Å². The molecule has 0 fully saturated rings. The molecule has 6 heteroatoms. The molecule has 24 heavy (non-hydrogen) atoms. The van der Waals surface area contributed by atoms with Crippen LogP contribution in [0, 0.1) is 0 Å². The second-order valence-corrected chi connectivity index (χ2v) is 12.1. The van der Waals surface area contributed by atoms with Crippen molar-refractivity contribution in [1.29, 1.82) is 0 Å². The van der Waals surface area contributed by atoms with Crippen molar-refractivity contribution in [2.75, 3.05) is 13.9 Å². The minimum Gasteiger partial charge on any atom is -0.466 e. The molecule has 0 amide bonds. The van der Waals surface area contributed by atoms with Crippen molar-refractivity contribution in [1.82, 2.24) is 0 Å². The molecule has 0 radical (unpaired) electrons. The van der Waals surface area contributed by atoms with Crippen LogP contribution in [0.4, 0.5) is 0 Å². The van der Waals surface area contributed by atoms with Crippen molar-refractivity contribution < 1.29 is 23.4 Å². The first-order valence-electron chi connectivity index (χ1n) is 7.91. The Labute approximate surface area is 144 Å². The van der Waals surface area contributed by atoms with Gasteiger partial charge in [-0.15, -0.1) is 0 Å². The van der Waals surface area contributed by atoms with E-state index in [9.17, 15) is 4.79 Å². The van der Waals surface area contributed by atoms with Crippen molar-refractivity contribution in [3.05, 3.63) is 35.9 Å². The van der Waals surface area contributed by atoms with Gasteiger partial charge in [-0.05, 0) is 35.8 Å². The molecule has 1 atom stereocenters. The normalized spacial score (nSPS) is 15.1. The second-order valence-electron chi connectivity index (χ2n) is 7.39. The van der Waals surface area contributed by atoms with Crippen LogP contribution in [-0.2, 0) is 14.0 Å². The predicted octanol–water partition coefficient (Wildman–Crippen LogP) is 4.21. The molecule has 1 heterocycles. The molecule has 0 N–H and O–H groups in total. The Bertz CT molecular complexity index is 645. The van der Waals surface area contributed by atoms with E-state index in [2.05, 4.69) is 40.4 Å². The van der Waals surface area contributed by atoms with Crippen molar-refractivity contribution in [2.45, 2.75) is 45.0 Å². The first-order valence-corrected chi connectivity index (χ1v) is 10.8. The van der Waals surface area contributed by atoms with Crippen LogP contribution in [-0.4, -0.2) is 28.2 Å². The van der Waals surface area contributed by atoms with Crippen LogP contribution in [0.25, 0.3) is 0 Å². The van der Waals surface area contributed by atoms with E-state index in [1.165, 1.54) is 7.11 Å². The minimum absolute atomic E-state index is 0.00200. The number of hydrogen-bond acceptors (Lipinski definition) is 5. The van der Waals surface area contributed by atoms with Gasteiger partial charge in [0.15, 0.2) is 19.8 Å². The maximum absolute atomic E-state index is 12.1. The first-order chi connectivity index (χ1) is 11.1. The van der Waals surface area contributed by atoms with Gasteiger partial charge in [0.25, 0.3) is 0 Å². The molecule has 0 saturated heterocycles. The Kier molecular flexibility index (Phi) is 5.10. The van der Waals surface area contributed by atoms with E-state index < -0.39 is 20.4 Å². The van der Waals surface area contributed by atoms with Crippen molar-refractivity contribution in [3.8, 4) is 11.5 Å². The maximum atomic E-state index is 12.1. The molecule has 0 bridgehead atoms. The second kappa shape index (κ2) is 6.61. The molecule has 5 nitrogen and oxygen atoms in total. The van der Waals surface area contributed by atoms with Crippen LogP contribution in [0.2, 0.25) is 18.1 Å². The number of benzene rings is 1. The smallest absolute Gasteiger partial charge is 0.336 e. The number of ether oxygens (including phenoxy) is 3. The SMILES string of the molecule is C=C(C(=O)OC)C(O[Si](C)(C)C(C)(C)C)c1ccc2c(c1)OCO2. The average molecular weight is 350 g/mol. The van der Waals surface area contributed by atoms with E-state index in [4.69, 9.17) is 18.6 Å². The molecule has 0 saturated carbocycles. The number of esters is 1. The zero-order valence-corrected chi connectivity index (χ0v) is 16.3. The van der Waals surface area contributed by atoms with Gasteiger partial charge in [0, 0.05) is 0 Å². The van der Waals surface area contributed by atoms with Gasteiger partial charge in [0.2, 0.25) is 6.79 Å². The highest BCUT2D eigenvalue weighted by atomic mass is 28.4. The largest absolute Gasteiger partial charge is 0.466 e. The average Bonchev–Trinajstić information content (AvgIpc) is 2.97. The Morgan fingerprint density at radius 2 is 1.88 bits per heavy atom. The molecule has 0 spiro atoms. The van der Waals surface area contributed by atoms with Gasteiger partial charge in [0.1, 0.15) is 6.10 Å². The lowest BCUT2D eigenvalue weighted by Crippen LogP contribution is -2.42. The quantitative estimate of drug-likeness (QED) is 0.452. The zero-order valence-electron chi connectivity index (χ0n) is 15.3. The van der Waals surface area contributed by atoms with Crippen molar-refractivity contribution >= 4 is 14.3 Å². The fourth-order valence-corrected chi connectivity index (χ4v) is 3.35. The molecule has 1 aromatic rings. The Morgan fingerprint density at radius 3 is 2.46 bits per heavy atom. The van der Waals surface area contributed by atoms with Gasteiger partial charge in [-0.25, -0.2) is 4.79 Å².